The van der Waals surface area contributed by atoms with Gasteiger partial charge in [-0.3, -0.25) is 24.4 Å². The fourth-order valence-corrected chi connectivity index (χ4v) is 6.17. The second kappa shape index (κ2) is 10.2. The molecule has 40 heavy (non-hydrogen) atoms. The van der Waals surface area contributed by atoms with Crippen molar-refractivity contribution < 1.29 is 23.3 Å². The van der Waals surface area contributed by atoms with E-state index in [9.17, 15) is 28.5 Å². The van der Waals surface area contributed by atoms with Crippen LogP contribution in [0.3, 0.4) is 0 Å². The zero-order valence-corrected chi connectivity index (χ0v) is 22.8. The van der Waals surface area contributed by atoms with Crippen LogP contribution in [0.25, 0.3) is 20.7 Å². The molecule has 0 saturated heterocycles. The topological polar surface area (TPSA) is 164 Å². The number of nitrogens with one attached hydrogen (secondary N) is 1. The highest BCUT2D eigenvalue weighted by molar-refractivity contribution is 7.21. The van der Waals surface area contributed by atoms with Gasteiger partial charge in [-0.1, -0.05) is 0 Å². The SMILES string of the molecule is Cc1ccc(-c2cc(C(F)F)nc3sc(C(N)=O)c(NC(=O)c4ccn(Cn5nc(C)c([N+](=O)[O-])c5C)n4)c23)s1. The molecular weight excluding hydrogens is 566 g/mol. The van der Waals surface area contributed by atoms with Crippen LogP contribution in [0, 0.1) is 30.9 Å². The Morgan fingerprint density at radius 3 is 2.52 bits per heavy atom. The van der Waals surface area contributed by atoms with Gasteiger partial charge in [-0.05, 0) is 45.0 Å². The van der Waals surface area contributed by atoms with E-state index in [4.69, 9.17) is 5.73 Å². The summed E-state index contributed by atoms with van der Waals surface area (Å²) >= 11 is 2.17. The highest BCUT2D eigenvalue weighted by Gasteiger charge is 2.26. The van der Waals surface area contributed by atoms with Gasteiger partial charge in [-0.15, -0.1) is 22.7 Å². The number of halogens is 2. The first-order chi connectivity index (χ1) is 18.9. The molecule has 0 atom stereocenters. The predicted molar refractivity (Wildman–Crippen MR) is 145 cm³/mol. The van der Waals surface area contributed by atoms with Crippen LogP contribution in [-0.4, -0.2) is 41.3 Å². The molecule has 0 bridgehead atoms. The number of amides is 2. The lowest BCUT2D eigenvalue weighted by Gasteiger charge is -2.09. The van der Waals surface area contributed by atoms with Crippen molar-refractivity contribution in [3.05, 3.63) is 73.1 Å². The van der Waals surface area contributed by atoms with Crippen molar-refractivity contribution >= 4 is 56.1 Å². The summed E-state index contributed by atoms with van der Waals surface area (Å²) in [6, 6.07) is 6.26. The van der Waals surface area contributed by atoms with Gasteiger partial charge in [0.2, 0.25) is 0 Å². The lowest BCUT2D eigenvalue weighted by atomic mass is 10.1. The van der Waals surface area contributed by atoms with E-state index in [0.717, 1.165) is 16.2 Å². The second-order valence-corrected chi connectivity index (χ2v) is 11.1. The van der Waals surface area contributed by atoms with Crippen LogP contribution in [-0.2, 0) is 6.67 Å². The van der Waals surface area contributed by atoms with Gasteiger partial charge in [0.15, 0.2) is 5.69 Å². The summed E-state index contributed by atoms with van der Waals surface area (Å²) in [5.41, 5.74) is 6.00. The van der Waals surface area contributed by atoms with Gasteiger partial charge in [0.05, 0.1) is 10.6 Å². The number of alkyl halides is 2. The number of carbonyl (C=O) groups is 2. The van der Waals surface area contributed by atoms with Crippen LogP contribution in [0.5, 0.6) is 0 Å². The predicted octanol–water partition coefficient (Wildman–Crippen LogP) is 5.05. The average Bonchev–Trinajstić information content (AvgIpc) is 3.65. The van der Waals surface area contributed by atoms with Crippen LogP contribution >= 0.6 is 22.7 Å². The number of anilines is 1. The van der Waals surface area contributed by atoms with Crippen molar-refractivity contribution in [2.45, 2.75) is 33.9 Å². The highest BCUT2D eigenvalue weighted by atomic mass is 32.1. The molecule has 12 nitrogen and oxygen atoms in total. The molecule has 0 spiro atoms. The summed E-state index contributed by atoms with van der Waals surface area (Å²) in [5, 5.41) is 22.7. The fourth-order valence-electron chi connectivity index (χ4n) is 4.26. The maximum atomic E-state index is 13.7. The van der Waals surface area contributed by atoms with Crippen molar-refractivity contribution in [3.63, 3.8) is 0 Å². The standard InChI is InChI=1S/C24H20F2N8O4S2/c1-10-4-5-16(39-10)13-8-15(21(25)26)28-24-17(13)18(20(40-24)22(27)35)29-23(36)14-6-7-32(31-14)9-33-12(3)19(34(37)38)11(2)30-33/h4-8,21H,9H2,1-3H3,(H2,27,35)(H,29,36). The molecule has 0 aliphatic carbocycles. The molecule has 5 rings (SSSR count). The number of aryl methyl sites for hydroxylation is 2. The quantitative estimate of drug-likeness (QED) is 0.190. The summed E-state index contributed by atoms with van der Waals surface area (Å²) in [6.45, 7) is 4.95. The number of hydrogen-bond donors (Lipinski definition) is 2. The first-order valence-electron chi connectivity index (χ1n) is 11.6. The molecule has 16 heteroatoms. The largest absolute Gasteiger partial charge is 0.365 e. The second-order valence-electron chi connectivity index (χ2n) is 8.77. The van der Waals surface area contributed by atoms with E-state index in [1.54, 1.807) is 13.0 Å². The first-order valence-corrected chi connectivity index (χ1v) is 13.2. The minimum atomic E-state index is -2.85. The van der Waals surface area contributed by atoms with E-state index in [-0.39, 0.29) is 39.1 Å². The molecule has 0 fully saturated rings. The third-order valence-electron chi connectivity index (χ3n) is 6.05. The van der Waals surface area contributed by atoms with Gasteiger partial charge in [-0.25, -0.2) is 18.4 Å². The normalized spacial score (nSPS) is 11.4. The molecule has 206 valence electrons. The Morgan fingerprint density at radius 1 is 1.18 bits per heavy atom. The molecule has 0 aromatic carbocycles. The van der Waals surface area contributed by atoms with E-state index in [2.05, 4.69) is 20.5 Å². The Hall–Kier alpha value is -4.57. The van der Waals surface area contributed by atoms with Crippen LogP contribution in [0.2, 0.25) is 0 Å². The van der Waals surface area contributed by atoms with Crippen molar-refractivity contribution in [1.29, 1.82) is 0 Å². The van der Waals surface area contributed by atoms with Crippen molar-refractivity contribution in [1.82, 2.24) is 24.5 Å². The van der Waals surface area contributed by atoms with Gasteiger partial charge in [0, 0.05) is 26.9 Å². The molecule has 5 aromatic heterocycles. The zero-order valence-electron chi connectivity index (χ0n) is 21.1. The Labute approximate surface area is 232 Å². The number of fused-ring (bicyclic) bond motifs is 1. The summed E-state index contributed by atoms with van der Waals surface area (Å²) < 4.78 is 30.1. The summed E-state index contributed by atoms with van der Waals surface area (Å²) in [4.78, 5) is 42.1. The molecule has 5 aromatic rings. The van der Waals surface area contributed by atoms with Gasteiger partial charge >= 0.3 is 5.69 Å². The fraction of sp³-hybridized carbons (Fsp3) is 0.208. The third-order valence-corrected chi connectivity index (χ3v) is 8.18. The summed E-state index contributed by atoms with van der Waals surface area (Å²) in [6.07, 6.45) is -1.36. The van der Waals surface area contributed by atoms with E-state index in [1.165, 1.54) is 46.0 Å². The minimum absolute atomic E-state index is 0.00388. The molecule has 0 radical (unpaired) electrons. The summed E-state index contributed by atoms with van der Waals surface area (Å²) in [5.74, 6) is -1.55. The van der Waals surface area contributed by atoms with Gasteiger partial charge in [0.1, 0.15) is 33.5 Å². The molecule has 3 N–H and O–H groups in total. The van der Waals surface area contributed by atoms with E-state index >= 15 is 0 Å². The van der Waals surface area contributed by atoms with Gasteiger partial charge < -0.3 is 11.1 Å². The Kier molecular flexibility index (Phi) is 6.89. The highest BCUT2D eigenvalue weighted by Crippen LogP contribution is 2.44. The first kappa shape index (κ1) is 27.0. The minimum Gasteiger partial charge on any atom is -0.365 e. The summed E-state index contributed by atoms with van der Waals surface area (Å²) in [7, 11) is 0. The Balaban J connectivity index is 1.52. The number of pyridine rings is 1. The van der Waals surface area contributed by atoms with Crippen molar-refractivity contribution in [2.24, 2.45) is 5.73 Å². The van der Waals surface area contributed by atoms with E-state index < -0.39 is 28.9 Å². The van der Waals surface area contributed by atoms with Crippen LogP contribution in [0.1, 0.15) is 48.5 Å². The maximum absolute atomic E-state index is 13.7. The number of nitrogens with zero attached hydrogens (tertiary/aromatic N) is 6. The molecule has 2 amide bonds. The number of rotatable bonds is 8. The molecular formula is C24H20F2N8O4S2. The number of nitrogens with two attached hydrogens (primary N) is 1. The number of hydrogen-bond acceptors (Lipinski definition) is 9. The van der Waals surface area contributed by atoms with Crippen molar-refractivity contribution in [3.8, 4) is 10.4 Å². The van der Waals surface area contributed by atoms with Crippen LogP contribution in [0.4, 0.5) is 20.2 Å². The Bertz CT molecular complexity index is 1820. The van der Waals surface area contributed by atoms with Crippen LogP contribution < -0.4 is 11.1 Å². The van der Waals surface area contributed by atoms with Crippen molar-refractivity contribution in [2.75, 3.05) is 5.32 Å². The lowest BCUT2D eigenvalue weighted by Crippen LogP contribution is -2.18. The molecule has 0 aliphatic heterocycles. The molecule has 5 heterocycles. The number of nitro groups is 1. The van der Waals surface area contributed by atoms with Gasteiger partial charge in [0.25, 0.3) is 18.2 Å². The zero-order chi connectivity index (χ0) is 28.9. The molecule has 0 aliphatic rings. The maximum Gasteiger partial charge on any atom is 0.312 e. The van der Waals surface area contributed by atoms with E-state index in [0.29, 0.717) is 21.5 Å². The lowest BCUT2D eigenvalue weighted by molar-refractivity contribution is -0.386. The number of primary amides is 1. The number of thiophene rings is 2. The van der Waals surface area contributed by atoms with Crippen LogP contribution in [0.15, 0.2) is 30.5 Å². The monoisotopic (exact) mass is 586 g/mol. The van der Waals surface area contributed by atoms with E-state index in [1.807, 2.05) is 13.0 Å². The number of carbonyl (C=O) groups excluding carboxylic acids is 2. The third kappa shape index (κ3) is 4.82. The average molecular weight is 587 g/mol. The molecule has 0 unspecified atom stereocenters. The Morgan fingerprint density at radius 2 is 1.93 bits per heavy atom. The van der Waals surface area contributed by atoms with Gasteiger partial charge in [-0.2, -0.15) is 10.2 Å². The number of aromatic nitrogens is 5. The molecule has 0 saturated carbocycles. The smallest absolute Gasteiger partial charge is 0.312 e.